The van der Waals surface area contributed by atoms with Crippen molar-refractivity contribution in [1.82, 2.24) is 47.9 Å². The highest BCUT2D eigenvalue weighted by Crippen LogP contribution is 2.10. The van der Waals surface area contributed by atoms with Crippen molar-refractivity contribution in [2.75, 3.05) is 38.5 Å². The van der Waals surface area contributed by atoms with Crippen LogP contribution in [0, 0.1) is 11.8 Å². The Balaban J connectivity index is 5.89. The first-order valence-electron chi connectivity index (χ1n) is 23.0. The molecule has 0 saturated heterocycles. The lowest BCUT2D eigenvalue weighted by atomic mass is 9.99. The van der Waals surface area contributed by atoms with E-state index < -0.39 is 164 Å². The molecule has 0 aromatic heterocycles. The molecular formula is C42H74N12O16S. The zero-order chi connectivity index (χ0) is 54.4. The molecule has 9 amide bonds. The summed E-state index contributed by atoms with van der Waals surface area (Å²) in [5.41, 5.74) is 16.8. The highest BCUT2D eigenvalue weighted by molar-refractivity contribution is 7.80. The van der Waals surface area contributed by atoms with Crippen LogP contribution in [0.2, 0.25) is 0 Å². The average Bonchev–Trinajstić information content (AvgIpc) is 3.30. The zero-order valence-electron chi connectivity index (χ0n) is 40.5. The number of amides is 9. The van der Waals surface area contributed by atoms with Gasteiger partial charge in [0.1, 0.15) is 42.3 Å². The number of nitrogens with two attached hydrogens (primary N) is 3. The number of hydrogen-bond donors (Lipinski definition) is 17. The maximum atomic E-state index is 13.7. The lowest BCUT2D eigenvalue weighted by Gasteiger charge is -2.29. The van der Waals surface area contributed by atoms with Gasteiger partial charge in [0, 0.05) is 18.6 Å². The maximum absolute atomic E-state index is 13.7. The topological polar surface area (TPSA) is 472 Å². The summed E-state index contributed by atoms with van der Waals surface area (Å²) in [7, 11) is 0. The van der Waals surface area contributed by atoms with Gasteiger partial charge in [0.2, 0.25) is 53.2 Å². The standard InChI is InChI=1S/C42H74N12O16S/c1-21(2)33(40(67)52-28(20-71)39(66)50-26(42(69)70)12-14-32(60)61)54-41(68)34(22(3)4)53-38(65)27(19-55)51-37(64)25(10-6-8-16-44)49-30(57)18-47-36(63)24(9-5-7-15-43)48-29(56)17-46-35(62)23(45)11-13-31(58)59/h21-28,33-34,55,71H,5-20,43-45H2,1-4H3,(H,46,62)(H,47,63)(H,48,56)(H,49,57)(H,50,66)(H,51,64)(H,52,67)(H,53,65)(H,54,68)(H,58,59)(H,60,61)(H,69,70)/t23-,24-,25-,26-,27-,28-,33-,34-/m0/s1. The van der Waals surface area contributed by atoms with E-state index in [1.807, 2.05) is 0 Å². The number of aliphatic hydroxyl groups excluding tert-OH is 1. The van der Waals surface area contributed by atoms with E-state index in [-0.39, 0.29) is 44.5 Å². The molecule has 0 bridgehead atoms. The van der Waals surface area contributed by atoms with Crippen LogP contribution in [0.1, 0.15) is 91.9 Å². The van der Waals surface area contributed by atoms with Crippen LogP contribution in [-0.2, 0) is 57.5 Å². The monoisotopic (exact) mass is 1030 g/mol. The lowest BCUT2D eigenvalue weighted by Crippen LogP contribution is -2.62. The molecule has 0 saturated carbocycles. The van der Waals surface area contributed by atoms with E-state index in [0.29, 0.717) is 25.7 Å². The third-order valence-corrected chi connectivity index (χ3v) is 10.8. The Hall–Kier alpha value is -6.17. The van der Waals surface area contributed by atoms with Crippen molar-refractivity contribution in [2.24, 2.45) is 29.0 Å². The third-order valence-electron chi connectivity index (χ3n) is 10.4. The van der Waals surface area contributed by atoms with Crippen LogP contribution in [0.3, 0.4) is 0 Å². The van der Waals surface area contributed by atoms with E-state index >= 15 is 0 Å². The van der Waals surface area contributed by atoms with Crippen LogP contribution >= 0.6 is 12.6 Å². The highest BCUT2D eigenvalue weighted by Gasteiger charge is 2.35. The lowest BCUT2D eigenvalue weighted by molar-refractivity contribution is -0.143. The summed E-state index contributed by atoms with van der Waals surface area (Å²) in [5.74, 6) is -13.6. The number of carbonyl (C=O) groups excluding carboxylic acids is 9. The molecule has 0 unspecified atom stereocenters. The molecule has 28 nitrogen and oxygen atoms in total. The molecule has 29 heteroatoms. The minimum Gasteiger partial charge on any atom is -0.481 e. The van der Waals surface area contributed by atoms with E-state index in [9.17, 15) is 67.7 Å². The predicted octanol–water partition coefficient (Wildman–Crippen LogP) is -5.75. The van der Waals surface area contributed by atoms with Gasteiger partial charge in [-0.1, -0.05) is 27.7 Å². The number of unbranched alkanes of at least 4 members (excludes halogenated alkanes) is 2. The average molecular weight is 1040 g/mol. The minimum atomic E-state index is -1.68. The second kappa shape index (κ2) is 35.0. The molecule has 0 aromatic rings. The van der Waals surface area contributed by atoms with Crippen LogP contribution in [-0.4, -0.2) is 178 Å². The Kier molecular flexibility index (Phi) is 32.0. The molecule has 0 aliphatic heterocycles. The van der Waals surface area contributed by atoms with Gasteiger partial charge in [-0.2, -0.15) is 12.6 Å². The van der Waals surface area contributed by atoms with Crippen molar-refractivity contribution < 1.29 is 78.0 Å². The van der Waals surface area contributed by atoms with E-state index in [2.05, 4.69) is 60.5 Å². The zero-order valence-corrected chi connectivity index (χ0v) is 41.3. The fourth-order valence-corrected chi connectivity index (χ4v) is 6.56. The number of nitrogens with one attached hydrogen (secondary N) is 9. The molecule has 404 valence electrons. The smallest absolute Gasteiger partial charge is 0.326 e. The molecule has 0 heterocycles. The van der Waals surface area contributed by atoms with Crippen molar-refractivity contribution in [2.45, 2.75) is 140 Å². The molecule has 19 N–H and O–H groups in total. The fourth-order valence-electron chi connectivity index (χ4n) is 6.30. The number of aliphatic hydroxyl groups is 1. The number of thiol groups is 1. The van der Waals surface area contributed by atoms with Gasteiger partial charge in [0.15, 0.2) is 0 Å². The van der Waals surface area contributed by atoms with Crippen molar-refractivity contribution >= 4 is 83.7 Å². The highest BCUT2D eigenvalue weighted by atomic mass is 32.1. The Labute approximate surface area is 416 Å². The Morgan fingerprint density at radius 2 is 0.859 bits per heavy atom. The van der Waals surface area contributed by atoms with E-state index in [4.69, 9.17) is 27.4 Å². The SMILES string of the molecule is CC(C)[C@H](NC(=O)[C@H](CO)NC(=O)[C@H](CCCCN)NC(=O)CNC(=O)[C@H](CCCCN)NC(=O)CNC(=O)[C@@H](N)CCC(=O)O)C(=O)N[C@H](C(=O)N[C@@H](CS)C(=O)N[C@@H](CCC(=O)O)C(=O)O)C(C)C. The van der Waals surface area contributed by atoms with Gasteiger partial charge in [-0.3, -0.25) is 52.7 Å². The molecule has 0 fully saturated rings. The van der Waals surface area contributed by atoms with Crippen LogP contribution in [0.4, 0.5) is 0 Å². The molecule has 0 spiro atoms. The minimum absolute atomic E-state index is 0.0117. The van der Waals surface area contributed by atoms with E-state index in [0.717, 1.165) is 0 Å². The molecule has 71 heavy (non-hydrogen) atoms. The molecule has 0 aromatic carbocycles. The van der Waals surface area contributed by atoms with Gasteiger partial charge >= 0.3 is 17.9 Å². The first-order valence-corrected chi connectivity index (χ1v) is 23.7. The van der Waals surface area contributed by atoms with Crippen LogP contribution in [0.25, 0.3) is 0 Å². The van der Waals surface area contributed by atoms with Gasteiger partial charge in [-0.05, 0) is 76.3 Å². The number of carbonyl (C=O) groups is 12. The fraction of sp³-hybridized carbons (Fsp3) is 0.714. The van der Waals surface area contributed by atoms with Crippen molar-refractivity contribution in [3.05, 3.63) is 0 Å². The van der Waals surface area contributed by atoms with Gasteiger partial charge in [0.25, 0.3) is 0 Å². The van der Waals surface area contributed by atoms with Crippen LogP contribution < -0.4 is 65.1 Å². The summed E-state index contributed by atoms with van der Waals surface area (Å²) >= 11 is 4.06. The molecule has 8 atom stereocenters. The number of hydrogen-bond acceptors (Lipinski definition) is 17. The third kappa shape index (κ3) is 26.6. The summed E-state index contributed by atoms with van der Waals surface area (Å²) in [4.78, 5) is 152. The first kappa shape index (κ1) is 64.8. The van der Waals surface area contributed by atoms with Crippen LogP contribution in [0.15, 0.2) is 0 Å². The van der Waals surface area contributed by atoms with Gasteiger partial charge in [-0.15, -0.1) is 0 Å². The Morgan fingerprint density at radius 3 is 1.30 bits per heavy atom. The molecule has 0 aliphatic rings. The van der Waals surface area contributed by atoms with Crippen molar-refractivity contribution in [3.63, 3.8) is 0 Å². The summed E-state index contributed by atoms with van der Waals surface area (Å²) in [6, 6.07) is -11.1. The number of rotatable bonds is 37. The second-order valence-corrected chi connectivity index (χ2v) is 17.4. The van der Waals surface area contributed by atoms with Gasteiger partial charge in [0.05, 0.1) is 25.7 Å². The summed E-state index contributed by atoms with van der Waals surface area (Å²) < 4.78 is 0. The number of carboxylic acids is 3. The summed E-state index contributed by atoms with van der Waals surface area (Å²) in [6.45, 7) is 4.46. The summed E-state index contributed by atoms with van der Waals surface area (Å²) in [5, 5.41) is 58.7. The molecular weight excluding hydrogens is 961 g/mol. The van der Waals surface area contributed by atoms with Crippen LogP contribution in [0.5, 0.6) is 0 Å². The Morgan fingerprint density at radius 1 is 0.465 bits per heavy atom. The van der Waals surface area contributed by atoms with E-state index in [1.165, 1.54) is 0 Å². The Bertz CT molecular complexity index is 1830. The molecule has 0 radical (unpaired) electrons. The number of aliphatic carboxylic acids is 3. The van der Waals surface area contributed by atoms with Crippen molar-refractivity contribution in [3.8, 4) is 0 Å². The largest absolute Gasteiger partial charge is 0.481 e. The quantitative estimate of drug-likeness (QED) is 0.0204. The van der Waals surface area contributed by atoms with Gasteiger partial charge in [-0.25, -0.2) is 4.79 Å². The summed E-state index contributed by atoms with van der Waals surface area (Å²) in [6.07, 6.45) is 0.0899. The molecule has 0 aliphatic carbocycles. The normalized spacial score (nSPS) is 14.4. The second-order valence-electron chi connectivity index (χ2n) is 17.1. The van der Waals surface area contributed by atoms with E-state index in [1.54, 1.807) is 27.7 Å². The first-order chi connectivity index (χ1) is 33.3. The molecule has 0 rings (SSSR count). The predicted molar refractivity (Wildman–Crippen MR) is 255 cm³/mol. The van der Waals surface area contributed by atoms with Crippen molar-refractivity contribution in [1.29, 1.82) is 0 Å². The maximum Gasteiger partial charge on any atom is 0.326 e. The number of carboxylic acid groups (broad SMARTS) is 3. The van der Waals surface area contributed by atoms with Gasteiger partial charge < -0.3 is 85.5 Å².